The highest BCUT2D eigenvalue weighted by molar-refractivity contribution is 8.03. The number of aryl methyl sites for hydroxylation is 1. The van der Waals surface area contributed by atoms with Gasteiger partial charge in [-0.25, -0.2) is 0 Å². The lowest BCUT2D eigenvalue weighted by Gasteiger charge is -2.11. The molecule has 1 aliphatic heterocycles. The van der Waals surface area contributed by atoms with E-state index in [4.69, 9.17) is 5.73 Å². The minimum absolute atomic E-state index is 0.669. The molecule has 0 aromatic heterocycles. The maximum atomic E-state index is 6.12. The predicted molar refractivity (Wildman–Crippen MR) is 86.1 cm³/mol. The lowest BCUT2D eigenvalue weighted by molar-refractivity contribution is 0.970. The number of hydrogen-bond donors (Lipinski definition) is 1. The summed E-state index contributed by atoms with van der Waals surface area (Å²) in [6.45, 7) is 2.07. The fourth-order valence-corrected chi connectivity index (χ4v) is 4.84. The van der Waals surface area contributed by atoms with Crippen LogP contribution in [0.15, 0.2) is 52.3 Å². The maximum absolute atomic E-state index is 6.12. The van der Waals surface area contributed by atoms with Gasteiger partial charge < -0.3 is 5.73 Å². The van der Waals surface area contributed by atoms with Crippen molar-refractivity contribution >= 4 is 29.2 Å². The Morgan fingerprint density at radius 2 is 2.05 bits per heavy atom. The van der Waals surface area contributed by atoms with Crippen LogP contribution in [-0.2, 0) is 6.42 Å². The molecular formula is C16H17NS2. The largest absolute Gasteiger partial charge is 0.398 e. The van der Waals surface area contributed by atoms with Crippen molar-refractivity contribution in [3.63, 3.8) is 0 Å². The van der Waals surface area contributed by atoms with Crippen molar-refractivity contribution in [3.05, 3.63) is 53.6 Å². The van der Waals surface area contributed by atoms with Crippen LogP contribution in [0.5, 0.6) is 0 Å². The van der Waals surface area contributed by atoms with E-state index in [-0.39, 0.29) is 0 Å². The molecule has 98 valence electrons. The molecule has 0 aliphatic carbocycles. The third-order valence-corrected chi connectivity index (χ3v) is 6.19. The third-order valence-electron chi connectivity index (χ3n) is 3.42. The number of fused-ring (bicyclic) bond motifs is 1. The van der Waals surface area contributed by atoms with Crippen LogP contribution < -0.4 is 5.73 Å². The fraction of sp³-hybridized carbons (Fsp3) is 0.250. The molecule has 2 aromatic rings. The minimum Gasteiger partial charge on any atom is -0.398 e. The van der Waals surface area contributed by atoms with Crippen LogP contribution in [0.4, 0.5) is 5.69 Å². The molecule has 1 nitrogen and oxygen atoms in total. The number of nitrogen functional groups attached to an aromatic ring is 1. The Hall–Kier alpha value is -1.06. The average molecular weight is 287 g/mol. The summed E-state index contributed by atoms with van der Waals surface area (Å²) < 4.78 is 0. The van der Waals surface area contributed by atoms with Crippen LogP contribution in [0.3, 0.4) is 0 Å². The molecule has 0 spiro atoms. The second kappa shape index (κ2) is 5.51. The van der Waals surface area contributed by atoms with Gasteiger partial charge in [0, 0.05) is 26.5 Å². The zero-order valence-corrected chi connectivity index (χ0v) is 12.6. The quantitative estimate of drug-likeness (QED) is 0.670. The fourth-order valence-electron chi connectivity index (χ4n) is 2.31. The van der Waals surface area contributed by atoms with Crippen LogP contribution in [0.1, 0.15) is 11.1 Å². The summed E-state index contributed by atoms with van der Waals surface area (Å²) in [5, 5.41) is 0.669. The standard InChI is InChI=1S/C16H17NS2/c1-11-5-4-8-15(16(11)17)18-10-13-9-12-6-2-3-7-14(12)19-13/h2-8,13H,9-10,17H2,1H3. The first-order chi connectivity index (χ1) is 9.24. The Balaban J connectivity index is 1.64. The summed E-state index contributed by atoms with van der Waals surface area (Å²) in [6.07, 6.45) is 1.18. The summed E-state index contributed by atoms with van der Waals surface area (Å²) >= 11 is 3.89. The van der Waals surface area contributed by atoms with E-state index in [0.29, 0.717) is 5.25 Å². The predicted octanol–water partition coefficient (Wildman–Crippen LogP) is 4.39. The van der Waals surface area contributed by atoms with E-state index in [0.717, 1.165) is 11.4 Å². The molecule has 1 aliphatic rings. The molecule has 0 saturated heterocycles. The van der Waals surface area contributed by atoms with E-state index in [2.05, 4.69) is 49.4 Å². The van der Waals surface area contributed by atoms with Crippen molar-refractivity contribution in [1.29, 1.82) is 0 Å². The van der Waals surface area contributed by atoms with E-state index in [9.17, 15) is 0 Å². The van der Waals surface area contributed by atoms with Gasteiger partial charge >= 0.3 is 0 Å². The van der Waals surface area contributed by atoms with Gasteiger partial charge in [0.25, 0.3) is 0 Å². The number of para-hydroxylation sites is 1. The molecule has 19 heavy (non-hydrogen) atoms. The van der Waals surface area contributed by atoms with Crippen LogP contribution in [0.25, 0.3) is 0 Å². The van der Waals surface area contributed by atoms with Crippen LogP contribution in [0, 0.1) is 6.92 Å². The highest BCUT2D eigenvalue weighted by atomic mass is 32.2. The van der Waals surface area contributed by atoms with Crippen LogP contribution >= 0.6 is 23.5 Å². The van der Waals surface area contributed by atoms with Gasteiger partial charge in [0.05, 0.1) is 0 Å². The number of benzene rings is 2. The van der Waals surface area contributed by atoms with Gasteiger partial charge in [-0.3, -0.25) is 0 Å². The van der Waals surface area contributed by atoms with E-state index >= 15 is 0 Å². The van der Waals surface area contributed by atoms with Gasteiger partial charge in [0.2, 0.25) is 0 Å². The topological polar surface area (TPSA) is 26.0 Å². The van der Waals surface area contributed by atoms with Crippen molar-refractivity contribution in [3.8, 4) is 0 Å². The monoisotopic (exact) mass is 287 g/mol. The zero-order valence-electron chi connectivity index (χ0n) is 10.9. The van der Waals surface area contributed by atoms with Crippen LogP contribution in [-0.4, -0.2) is 11.0 Å². The molecule has 1 unspecified atom stereocenters. The van der Waals surface area contributed by atoms with Gasteiger partial charge in [0.1, 0.15) is 0 Å². The van der Waals surface area contributed by atoms with E-state index < -0.39 is 0 Å². The molecule has 0 saturated carbocycles. The van der Waals surface area contributed by atoms with Crippen molar-refractivity contribution in [1.82, 2.24) is 0 Å². The van der Waals surface area contributed by atoms with Gasteiger partial charge in [-0.2, -0.15) is 0 Å². The van der Waals surface area contributed by atoms with Crippen molar-refractivity contribution < 1.29 is 0 Å². The molecule has 1 atom stereocenters. The zero-order chi connectivity index (χ0) is 13.2. The minimum atomic E-state index is 0.669. The summed E-state index contributed by atoms with van der Waals surface area (Å²) in [4.78, 5) is 2.67. The van der Waals surface area contributed by atoms with E-state index in [1.165, 1.54) is 27.3 Å². The summed E-state index contributed by atoms with van der Waals surface area (Å²) in [6, 6.07) is 15.0. The molecule has 0 amide bonds. The second-order valence-electron chi connectivity index (χ2n) is 4.85. The van der Waals surface area contributed by atoms with Gasteiger partial charge in [-0.15, -0.1) is 23.5 Å². The number of anilines is 1. The second-order valence-corrected chi connectivity index (χ2v) is 7.25. The summed E-state index contributed by atoms with van der Waals surface area (Å²) in [5.41, 5.74) is 9.73. The van der Waals surface area contributed by atoms with E-state index in [1.54, 1.807) is 0 Å². The molecule has 2 aromatic carbocycles. The Labute approximate surface area is 123 Å². The highest BCUT2D eigenvalue weighted by Gasteiger charge is 2.21. The Bertz CT molecular complexity index is 570. The van der Waals surface area contributed by atoms with Crippen molar-refractivity contribution in [2.24, 2.45) is 0 Å². The smallest absolute Gasteiger partial charge is 0.0481 e. The maximum Gasteiger partial charge on any atom is 0.0481 e. The number of thioether (sulfide) groups is 2. The molecule has 0 fully saturated rings. The Kier molecular flexibility index (Phi) is 3.76. The van der Waals surface area contributed by atoms with Crippen molar-refractivity contribution in [2.75, 3.05) is 11.5 Å². The molecule has 1 heterocycles. The Morgan fingerprint density at radius 1 is 1.21 bits per heavy atom. The number of rotatable bonds is 3. The lowest BCUT2D eigenvalue weighted by atomic mass is 10.1. The average Bonchev–Trinajstić information content (AvgIpc) is 2.83. The molecular weight excluding hydrogens is 270 g/mol. The van der Waals surface area contributed by atoms with Gasteiger partial charge in [0.15, 0.2) is 0 Å². The van der Waals surface area contributed by atoms with Crippen molar-refractivity contribution in [2.45, 2.75) is 28.4 Å². The molecule has 0 bridgehead atoms. The molecule has 0 radical (unpaired) electrons. The van der Waals surface area contributed by atoms with Gasteiger partial charge in [-0.1, -0.05) is 30.3 Å². The lowest BCUT2D eigenvalue weighted by Crippen LogP contribution is -2.04. The number of nitrogens with two attached hydrogens (primary N) is 1. The molecule has 3 rings (SSSR count). The van der Waals surface area contributed by atoms with Gasteiger partial charge in [-0.05, 0) is 36.6 Å². The summed E-state index contributed by atoms with van der Waals surface area (Å²) in [5.74, 6) is 1.12. The number of hydrogen-bond acceptors (Lipinski definition) is 3. The first-order valence-electron chi connectivity index (χ1n) is 6.46. The highest BCUT2D eigenvalue weighted by Crippen LogP contribution is 2.40. The molecule has 3 heteroatoms. The normalized spacial score (nSPS) is 17.4. The first kappa shape index (κ1) is 12.9. The third kappa shape index (κ3) is 2.77. The summed E-state index contributed by atoms with van der Waals surface area (Å²) in [7, 11) is 0. The molecule has 2 N–H and O–H groups in total. The van der Waals surface area contributed by atoms with E-state index in [1.807, 2.05) is 23.5 Å². The van der Waals surface area contributed by atoms with Crippen LogP contribution in [0.2, 0.25) is 0 Å². The first-order valence-corrected chi connectivity index (χ1v) is 8.33. The Morgan fingerprint density at radius 3 is 2.89 bits per heavy atom. The SMILES string of the molecule is Cc1cccc(SCC2Cc3ccccc3S2)c1N.